The zero-order valence-corrected chi connectivity index (χ0v) is 10.5. The van der Waals surface area contributed by atoms with E-state index in [-0.39, 0.29) is 0 Å². The van der Waals surface area contributed by atoms with E-state index < -0.39 is 5.60 Å². The third-order valence-electron chi connectivity index (χ3n) is 2.38. The van der Waals surface area contributed by atoms with E-state index in [0.29, 0.717) is 0 Å². The second-order valence-corrected chi connectivity index (χ2v) is 4.40. The number of rotatable bonds is 1. The largest absolute Gasteiger partial charge is 0.495 e. The predicted octanol–water partition coefficient (Wildman–Crippen LogP) is 2.43. The van der Waals surface area contributed by atoms with Crippen molar-refractivity contribution >= 4 is 0 Å². The molecule has 0 amide bonds. The van der Waals surface area contributed by atoms with Gasteiger partial charge in [-0.25, -0.2) is 0 Å². The van der Waals surface area contributed by atoms with Crippen LogP contribution in [0.1, 0.15) is 30.5 Å². The van der Waals surface area contributed by atoms with Gasteiger partial charge in [-0.3, -0.25) is 0 Å². The Morgan fingerprint density at radius 2 is 1.88 bits per heavy atom. The SMILES string of the molecule is COc1c(C#CC(C)(C)O)ccc(C)c1C. The average Bonchev–Trinajstić information content (AvgIpc) is 2.18. The van der Waals surface area contributed by atoms with E-state index in [1.54, 1.807) is 21.0 Å². The van der Waals surface area contributed by atoms with Gasteiger partial charge < -0.3 is 9.84 Å². The van der Waals surface area contributed by atoms with E-state index in [4.69, 9.17) is 4.74 Å². The summed E-state index contributed by atoms with van der Waals surface area (Å²) in [6.07, 6.45) is 0. The Bertz CT molecular complexity index is 442. The fraction of sp³-hybridized carbons (Fsp3) is 0.429. The molecule has 0 atom stereocenters. The quantitative estimate of drug-likeness (QED) is 0.734. The van der Waals surface area contributed by atoms with Crippen molar-refractivity contribution in [3.8, 4) is 17.6 Å². The molecule has 0 unspecified atom stereocenters. The summed E-state index contributed by atoms with van der Waals surface area (Å²) >= 11 is 0. The molecule has 2 nitrogen and oxygen atoms in total. The number of benzene rings is 1. The molecule has 0 heterocycles. The third-order valence-corrected chi connectivity index (χ3v) is 2.38. The first-order chi connectivity index (χ1) is 7.35. The van der Waals surface area contributed by atoms with Crippen LogP contribution >= 0.6 is 0 Å². The molecule has 2 heteroatoms. The summed E-state index contributed by atoms with van der Waals surface area (Å²) in [7, 11) is 1.64. The topological polar surface area (TPSA) is 29.5 Å². The summed E-state index contributed by atoms with van der Waals surface area (Å²) in [6, 6.07) is 3.92. The lowest BCUT2D eigenvalue weighted by atomic mass is 10.0. The summed E-state index contributed by atoms with van der Waals surface area (Å²) < 4.78 is 5.34. The molecule has 0 aliphatic heterocycles. The van der Waals surface area contributed by atoms with Crippen LogP contribution < -0.4 is 4.74 Å². The van der Waals surface area contributed by atoms with E-state index in [1.165, 1.54) is 5.56 Å². The smallest absolute Gasteiger partial charge is 0.137 e. The van der Waals surface area contributed by atoms with Gasteiger partial charge >= 0.3 is 0 Å². The molecule has 16 heavy (non-hydrogen) atoms. The van der Waals surface area contributed by atoms with Gasteiger partial charge in [-0.05, 0) is 44.9 Å². The fourth-order valence-corrected chi connectivity index (χ4v) is 1.37. The first-order valence-electron chi connectivity index (χ1n) is 5.25. The lowest BCUT2D eigenvalue weighted by Crippen LogP contribution is -2.14. The van der Waals surface area contributed by atoms with Crippen LogP contribution in [-0.2, 0) is 0 Å². The molecule has 0 bridgehead atoms. The van der Waals surface area contributed by atoms with E-state index in [0.717, 1.165) is 16.9 Å². The van der Waals surface area contributed by atoms with E-state index in [1.807, 2.05) is 26.0 Å². The van der Waals surface area contributed by atoms with Crippen molar-refractivity contribution in [1.82, 2.24) is 0 Å². The minimum absolute atomic E-state index is 0.789. The van der Waals surface area contributed by atoms with Crippen LogP contribution in [0.4, 0.5) is 0 Å². The molecular formula is C14H18O2. The van der Waals surface area contributed by atoms with Gasteiger partial charge in [0.25, 0.3) is 0 Å². The Morgan fingerprint density at radius 3 is 2.38 bits per heavy atom. The molecule has 1 rings (SSSR count). The molecule has 0 saturated heterocycles. The Balaban J connectivity index is 3.24. The molecule has 0 aliphatic rings. The highest BCUT2D eigenvalue weighted by molar-refractivity contribution is 5.53. The average molecular weight is 218 g/mol. The Hall–Kier alpha value is -1.46. The molecule has 86 valence electrons. The summed E-state index contributed by atoms with van der Waals surface area (Å²) in [5.41, 5.74) is 2.09. The number of ether oxygens (including phenoxy) is 1. The standard InChI is InChI=1S/C14H18O2/c1-10-6-7-12(8-9-14(3,4)15)13(16-5)11(10)2/h6-7,15H,1-5H3. The number of hydrogen-bond acceptors (Lipinski definition) is 2. The van der Waals surface area contributed by atoms with Crippen LogP contribution in [0.15, 0.2) is 12.1 Å². The van der Waals surface area contributed by atoms with Crippen molar-refractivity contribution in [3.05, 3.63) is 28.8 Å². The monoisotopic (exact) mass is 218 g/mol. The van der Waals surface area contributed by atoms with Crippen molar-refractivity contribution in [3.63, 3.8) is 0 Å². The lowest BCUT2D eigenvalue weighted by molar-refractivity contribution is 0.143. The molecule has 0 spiro atoms. The maximum absolute atomic E-state index is 9.55. The Kier molecular flexibility index (Phi) is 3.62. The number of aryl methyl sites for hydroxylation is 1. The number of aliphatic hydroxyl groups is 1. The normalized spacial score (nSPS) is 10.6. The molecule has 1 N–H and O–H groups in total. The first-order valence-corrected chi connectivity index (χ1v) is 5.25. The van der Waals surface area contributed by atoms with Gasteiger partial charge in [0.2, 0.25) is 0 Å². The van der Waals surface area contributed by atoms with Crippen molar-refractivity contribution in [1.29, 1.82) is 0 Å². The Labute approximate surface area is 97.3 Å². The van der Waals surface area contributed by atoms with Gasteiger partial charge in [-0.2, -0.15) is 0 Å². The minimum atomic E-state index is -0.982. The molecule has 0 aromatic heterocycles. The molecule has 1 aromatic rings. The summed E-state index contributed by atoms with van der Waals surface area (Å²) in [6.45, 7) is 7.36. The lowest BCUT2D eigenvalue weighted by Gasteiger charge is -2.10. The van der Waals surface area contributed by atoms with E-state index >= 15 is 0 Å². The molecule has 0 radical (unpaired) electrons. The van der Waals surface area contributed by atoms with Gasteiger partial charge in [0.1, 0.15) is 11.4 Å². The van der Waals surface area contributed by atoms with Crippen molar-refractivity contribution in [2.45, 2.75) is 33.3 Å². The van der Waals surface area contributed by atoms with Crippen molar-refractivity contribution < 1.29 is 9.84 Å². The second-order valence-electron chi connectivity index (χ2n) is 4.40. The van der Waals surface area contributed by atoms with Crippen LogP contribution in [-0.4, -0.2) is 17.8 Å². The molecule has 0 aliphatic carbocycles. The van der Waals surface area contributed by atoms with E-state index in [9.17, 15) is 5.11 Å². The molecule has 0 saturated carbocycles. The maximum atomic E-state index is 9.55. The third kappa shape index (κ3) is 3.01. The highest BCUT2D eigenvalue weighted by atomic mass is 16.5. The summed E-state index contributed by atoms with van der Waals surface area (Å²) in [4.78, 5) is 0. The highest BCUT2D eigenvalue weighted by Gasteiger charge is 2.09. The van der Waals surface area contributed by atoms with Crippen LogP contribution in [0.2, 0.25) is 0 Å². The van der Waals surface area contributed by atoms with Crippen molar-refractivity contribution in [2.24, 2.45) is 0 Å². The zero-order chi connectivity index (χ0) is 12.3. The van der Waals surface area contributed by atoms with Gasteiger partial charge in [0.15, 0.2) is 0 Å². The molecule has 1 aromatic carbocycles. The van der Waals surface area contributed by atoms with Gasteiger partial charge in [0.05, 0.1) is 12.7 Å². The zero-order valence-electron chi connectivity index (χ0n) is 10.5. The maximum Gasteiger partial charge on any atom is 0.137 e. The van der Waals surface area contributed by atoms with E-state index in [2.05, 4.69) is 11.8 Å². The molecule has 0 fully saturated rings. The first kappa shape index (κ1) is 12.6. The van der Waals surface area contributed by atoms with Gasteiger partial charge in [-0.15, -0.1) is 0 Å². The highest BCUT2D eigenvalue weighted by Crippen LogP contribution is 2.25. The van der Waals surface area contributed by atoms with Crippen LogP contribution in [0.25, 0.3) is 0 Å². The number of methoxy groups -OCH3 is 1. The minimum Gasteiger partial charge on any atom is -0.495 e. The van der Waals surface area contributed by atoms with Crippen LogP contribution in [0.5, 0.6) is 5.75 Å². The Morgan fingerprint density at radius 1 is 1.25 bits per heavy atom. The predicted molar refractivity (Wildman–Crippen MR) is 65.6 cm³/mol. The molecular weight excluding hydrogens is 200 g/mol. The van der Waals surface area contributed by atoms with Crippen molar-refractivity contribution in [2.75, 3.05) is 7.11 Å². The second kappa shape index (κ2) is 4.59. The van der Waals surface area contributed by atoms with Crippen LogP contribution in [0.3, 0.4) is 0 Å². The van der Waals surface area contributed by atoms with Gasteiger partial charge in [0, 0.05) is 0 Å². The number of hydrogen-bond donors (Lipinski definition) is 1. The van der Waals surface area contributed by atoms with Crippen LogP contribution in [0, 0.1) is 25.7 Å². The van der Waals surface area contributed by atoms with Gasteiger partial charge in [-0.1, -0.05) is 17.9 Å². The summed E-state index contributed by atoms with van der Waals surface area (Å²) in [5, 5.41) is 9.55. The fourth-order valence-electron chi connectivity index (χ4n) is 1.37. The summed E-state index contributed by atoms with van der Waals surface area (Å²) in [5.74, 6) is 6.52.